The van der Waals surface area contributed by atoms with Crippen molar-refractivity contribution in [3.05, 3.63) is 53.0 Å². The van der Waals surface area contributed by atoms with Crippen LogP contribution in [-0.4, -0.2) is 89.1 Å². The zero-order chi connectivity index (χ0) is 31.7. The van der Waals surface area contributed by atoms with Gasteiger partial charge in [-0.1, -0.05) is 18.7 Å². The first-order chi connectivity index (χ1) is 21.8. The summed E-state index contributed by atoms with van der Waals surface area (Å²) in [5.74, 6) is -0.929. The molecule has 0 radical (unpaired) electrons. The molecule has 2 saturated heterocycles. The summed E-state index contributed by atoms with van der Waals surface area (Å²) in [5, 5.41) is 20.1. The summed E-state index contributed by atoms with van der Waals surface area (Å²) < 4.78 is 33.4. The van der Waals surface area contributed by atoms with Gasteiger partial charge in [0.25, 0.3) is 5.91 Å². The van der Waals surface area contributed by atoms with Crippen molar-refractivity contribution in [2.24, 2.45) is 0 Å². The van der Waals surface area contributed by atoms with Crippen LogP contribution in [0.4, 0.5) is 15.8 Å². The van der Waals surface area contributed by atoms with Crippen LogP contribution in [0.15, 0.2) is 35.5 Å². The monoisotopic (exact) mass is 631 g/mol. The lowest BCUT2D eigenvalue weighted by atomic mass is 9.96. The van der Waals surface area contributed by atoms with Gasteiger partial charge in [0, 0.05) is 43.5 Å². The fourth-order valence-electron chi connectivity index (χ4n) is 7.20. The second-order valence-electron chi connectivity index (χ2n) is 12.2. The Morgan fingerprint density at radius 3 is 2.73 bits per heavy atom. The van der Waals surface area contributed by atoms with Crippen molar-refractivity contribution in [3.8, 4) is 18.0 Å². The minimum atomic E-state index is -1.06. The van der Waals surface area contributed by atoms with Crippen molar-refractivity contribution < 1.29 is 18.1 Å². The number of fused-ring (bicyclic) bond motifs is 2. The van der Waals surface area contributed by atoms with Gasteiger partial charge in [-0.3, -0.25) is 9.00 Å². The number of nitriles is 2. The number of pyridine rings is 1. The lowest BCUT2D eigenvalue weighted by Gasteiger charge is -2.43. The van der Waals surface area contributed by atoms with E-state index < -0.39 is 28.6 Å². The lowest BCUT2D eigenvalue weighted by molar-refractivity contribution is -0.131. The highest BCUT2D eigenvalue weighted by Gasteiger charge is 2.37. The average Bonchev–Trinajstić information content (AvgIpc) is 3.46. The Morgan fingerprint density at radius 2 is 2.00 bits per heavy atom. The second kappa shape index (κ2) is 13.2. The molecule has 1 aromatic carbocycles. The molecule has 1 unspecified atom stereocenters. The fourth-order valence-corrected chi connectivity index (χ4v) is 8.70. The standard InChI is InChI=1S/C33H38FN7O3S/c1-22(34)33(42)41-16-15-40(19-24(41)10-12-35)30-26-11-14-39(29-9-3-6-23-7-5-17-45(43)31(23)29)20-28(26)37-32(27(30)18-36)44-21-25-8-4-13-38(25)2/h3,6,9,24-25H,1,4-5,7-8,10-11,13-17,19-21H2,2H3/t24-,25-,45?/m0/s1. The highest BCUT2D eigenvalue weighted by Crippen LogP contribution is 2.40. The van der Waals surface area contributed by atoms with Gasteiger partial charge in [0.2, 0.25) is 5.88 Å². The molecule has 2 fully saturated rings. The Balaban J connectivity index is 1.39. The van der Waals surface area contributed by atoms with Gasteiger partial charge >= 0.3 is 0 Å². The highest BCUT2D eigenvalue weighted by atomic mass is 32.2. The molecule has 4 aliphatic rings. The van der Waals surface area contributed by atoms with Crippen LogP contribution in [-0.2, 0) is 35.0 Å². The van der Waals surface area contributed by atoms with E-state index in [9.17, 15) is 23.9 Å². The molecule has 10 nitrogen and oxygen atoms in total. The van der Waals surface area contributed by atoms with E-state index in [1.165, 1.54) is 4.90 Å². The number of likely N-dealkylation sites (tertiary alicyclic amines) is 1. The first kappa shape index (κ1) is 31.0. The molecule has 236 valence electrons. The van der Waals surface area contributed by atoms with Gasteiger partial charge in [-0.2, -0.15) is 10.5 Å². The van der Waals surface area contributed by atoms with Crippen LogP contribution in [0.5, 0.6) is 5.88 Å². The van der Waals surface area contributed by atoms with Gasteiger partial charge in [-0.05, 0) is 57.3 Å². The smallest absolute Gasteiger partial charge is 0.282 e. The number of likely N-dealkylation sites (N-methyl/N-ethyl adjacent to an activating group) is 1. The van der Waals surface area contributed by atoms with Gasteiger partial charge in [0.05, 0.1) is 57.8 Å². The van der Waals surface area contributed by atoms with Crippen molar-refractivity contribution >= 4 is 28.1 Å². The maximum Gasteiger partial charge on any atom is 0.282 e. The average molecular weight is 632 g/mol. The molecule has 12 heteroatoms. The van der Waals surface area contributed by atoms with Crippen LogP contribution in [0, 0.1) is 22.7 Å². The van der Waals surface area contributed by atoms with Crippen LogP contribution < -0.4 is 14.5 Å². The summed E-state index contributed by atoms with van der Waals surface area (Å²) in [6, 6.07) is 10.3. The molecular formula is C33H38FN7O3S. The van der Waals surface area contributed by atoms with Crippen LogP contribution in [0.25, 0.3) is 0 Å². The Hall–Kier alpha value is -4.00. The van der Waals surface area contributed by atoms with Gasteiger partial charge in [0.1, 0.15) is 18.2 Å². The van der Waals surface area contributed by atoms with E-state index in [4.69, 9.17) is 9.72 Å². The third kappa shape index (κ3) is 6.01. The van der Waals surface area contributed by atoms with E-state index in [1.807, 2.05) is 17.0 Å². The molecule has 3 atom stereocenters. The number of aryl methyl sites for hydroxylation is 1. The maximum atomic E-state index is 13.9. The molecule has 45 heavy (non-hydrogen) atoms. The number of aromatic nitrogens is 1. The number of amides is 1. The topological polar surface area (TPSA) is 117 Å². The summed E-state index contributed by atoms with van der Waals surface area (Å²) in [4.78, 5) is 26.4. The number of hydrogen-bond donors (Lipinski definition) is 0. The number of halogens is 1. The van der Waals surface area contributed by atoms with Crippen molar-refractivity contribution in [2.45, 2.75) is 62.0 Å². The summed E-state index contributed by atoms with van der Waals surface area (Å²) in [5.41, 5.74) is 4.87. The zero-order valence-corrected chi connectivity index (χ0v) is 26.5. The van der Waals surface area contributed by atoms with E-state index in [-0.39, 0.29) is 31.4 Å². The van der Waals surface area contributed by atoms with E-state index >= 15 is 0 Å². The van der Waals surface area contributed by atoms with Crippen molar-refractivity contribution in [2.75, 3.05) is 61.9 Å². The number of hydrogen-bond acceptors (Lipinski definition) is 9. The van der Waals surface area contributed by atoms with Crippen LogP contribution in [0.2, 0.25) is 0 Å². The lowest BCUT2D eigenvalue weighted by Crippen LogP contribution is -2.55. The van der Waals surface area contributed by atoms with Gasteiger partial charge in [0.15, 0.2) is 5.83 Å². The highest BCUT2D eigenvalue weighted by molar-refractivity contribution is 7.85. The maximum absolute atomic E-state index is 13.9. The largest absolute Gasteiger partial charge is 0.475 e. The predicted octanol–water partition coefficient (Wildman–Crippen LogP) is 3.46. The first-order valence-electron chi connectivity index (χ1n) is 15.6. The van der Waals surface area contributed by atoms with E-state index in [2.05, 4.69) is 41.6 Å². The van der Waals surface area contributed by atoms with Crippen LogP contribution >= 0.6 is 0 Å². The number of carbonyl (C=O) groups is 1. The van der Waals surface area contributed by atoms with Gasteiger partial charge in [-0.25, -0.2) is 9.37 Å². The summed E-state index contributed by atoms with van der Waals surface area (Å²) in [6.07, 6.45) is 4.53. The number of benzene rings is 1. The Bertz CT molecular complexity index is 1620. The quantitative estimate of drug-likeness (QED) is 0.424. The van der Waals surface area contributed by atoms with E-state index in [1.54, 1.807) is 0 Å². The predicted molar refractivity (Wildman–Crippen MR) is 169 cm³/mol. The van der Waals surface area contributed by atoms with Gasteiger partial charge < -0.3 is 24.3 Å². The molecule has 0 bridgehead atoms. The van der Waals surface area contributed by atoms with Crippen molar-refractivity contribution in [3.63, 3.8) is 0 Å². The molecule has 0 spiro atoms. The minimum absolute atomic E-state index is 0.0199. The number of ether oxygens (including phenoxy) is 1. The number of nitrogens with zero attached hydrogens (tertiary/aromatic N) is 7. The van der Waals surface area contributed by atoms with Gasteiger partial charge in [-0.15, -0.1) is 0 Å². The minimum Gasteiger partial charge on any atom is -0.475 e. The summed E-state index contributed by atoms with van der Waals surface area (Å²) in [6.45, 7) is 6.48. The molecular weight excluding hydrogens is 593 g/mol. The normalized spacial score (nSPS) is 23.1. The Kier molecular flexibility index (Phi) is 9.06. The molecule has 1 amide bonds. The molecule has 6 rings (SSSR count). The van der Waals surface area contributed by atoms with E-state index in [0.717, 1.165) is 59.6 Å². The van der Waals surface area contributed by atoms with E-state index in [0.29, 0.717) is 49.7 Å². The van der Waals surface area contributed by atoms with Crippen molar-refractivity contribution in [1.82, 2.24) is 14.8 Å². The number of rotatable bonds is 7. The fraction of sp³-hybridized carbons (Fsp3) is 0.515. The molecule has 2 aromatic rings. The zero-order valence-electron chi connectivity index (χ0n) is 25.6. The molecule has 0 aliphatic carbocycles. The second-order valence-corrected chi connectivity index (χ2v) is 13.7. The SMILES string of the molecule is C=C(F)C(=O)N1CCN(c2c(C#N)c(OC[C@@H]3CCCN3C)nc3c2CCN(c2cccc4c2S(=O)CCC4)C3)C[C@@H]1CC#N. The van der Waals surface area contributed by atoms with Crippen LogP contribution in [0.3, 0.4) is 0 Å². The molecule has 5 heterocycles. The Labute approximate surface area is 266 Å². The molecule has 4 aliphatic heterocycles. The van der Waals surface area contributed by atoms with Crippen LogP contribution in [0.1, 0.15) is 48.1 Å². The summed E-state index contributed by atoms with van der Waals surface area (Å²) in [7, 11) is 1.01. The molecule has 1 aromatic heterocycles. The Morgan fingerprint density at radius 1 is 1.16 bits per heavy atom. The molecule has 0 N–H and O–H groups in total. The molecule has 0 saturated carbocycles. The third-order valence-corrected chi connectivity index (χ3v) is 11.1. The number of carbonyl (C=O) groups excluding carboxylic acids is 1. The first-order valence-corrected chi connectivity index (χ1v) is 16.9. The third-order valence-electron chi connectivity index (χ3n) is 9.53. The number of piperazine rings is 1. The summed E-state index contributed by atoms with van der Waals surface area (Å²) >= 11 is 0. The number of anilines is 2. The van der Waals surface area contributed by atoms with Crippen molar-refractivity contribution in [1.29, 1.82) is 10.5 Å².